The van der Waals surface area contributed by atoms with E-state index in [1.54, 1.807) is 25.1 Å². The highest BCUT2D eigenvalue weighted by Crippen LogP contribution is 2.35. The van der Waals surface area contributed by atoms with Gasteiger partial charge < -0.3 is 18.9 Å². The van der Waals surface area contributed by atoms with Crippen LogP contribution >= 0.6 is 15.9 Å². The number of hydrogen-bond acceptors (Lipinski definition) is 5. The smallest absolute Gasteiger partial charge is 0.352 e. The standard InChI is InChI=1S/C17H15BrO5/c1-10-3-5-14(13(18)7-10)22-11(2)17(19)23-12-4-6-15-16(8-12)21-9-20-15/h3-8,11H,9H2,1-2H3. The van der Waals surface area contributed by atoms with E-state index in [1.807, 2.05) is 25.1 Å². The van der Waals surface area contributed by atoms with Gasteiger partial charge in [-0.25, -0.2) is 4.79 Å². The molecule has 0 spiro atoms. The molecule has 2 aromatic rings. The summed E-state index contributed by atoms with van der Waals surface area (Å²) in [4.78, 5) is 12.2. The zero-order valence-electron chi connectivity index (χ0n) is 12.7. The Balaban J connectivity index is 1.65. The fourth-order valence-electron chi connectivity index (χ4n) is 2.08. The fraction of sp³-hybridized carbons (Fsp3) is 0.235. The molecule has 0 bridgehead atoms. The van der Waals surface area contributed by atoms with Crippen molar-refractivity contribution in [3.63, 3.8) is 0 Å². The Kier molecular flexibility index (Phi) is 4.43. The van der Waals surface area contributed by atoms with Crippen molar-refractivity contribution in [2.24, 2.45) is 0 Å². The van der Waals surface area contributed by atoms with Gasteiger partial charge in [0, 0.05) is 6.07 Å². The molecule has 0 saturated heterocycles. The maximum absolute atomic E-state index is 12.2. The van der Waals surface area contributed by atoms with Gasteiger partial charge >= 0.3 is 5.97 Å². The van der Waals surface area contributed by atoms with Crippen molar-refractivity contribution in [1.82, 2.24) is 0 Å². The Morgan fingerprint density at radius 1 is 1.17 bits per heavy atom. The largest absolute Gasteiger partial charge is 0.478 e. The van der Waals surface area contributed by atoms with Crippen molar-refractivity contribution in [3.05, 3.63) is 46.4 Å². The summed E-state index contributed by atoms with van der Waals surface area (Å²) in [7, 11) is 0. The Morgan fingerprint density at radius 3 is 2.74 bits per heavy atom. The summed E-state index contributed by atoms with van der Waals surface area (Å²) in [6.07, 6.45) is -0.751. The van der Waals surface area contributed by atoms with E-state index in [9.17, 15) is 4.79 Å². The van der Waals surface area contributed by atoms with Gasteiger partial charge in [0.1, 0.15) is 11.5 Å². The lowest BCUT2D eigenvalue weighted by Crippen LogP contribution is -2.28. The van der Waals surface area contributed by atoms with Gasteiger partial charge in [-0.1, -0.05) is 6.07 Å². The summed E-state index contributed by atoms with van der Waals surface area (Å²) >= 11 is 3.42. The van der Waals surface area contributed by atoms with Gasteiger partial charge in [-0.3, -0.25) is 0 Å². The SMILES string of the molecule is Cc1ccc(OC(C)C(=O)Oc2ccc3c(c2)OCO3)c(Br)c1. The number of esters is 1. The Morgan fingerprint density at radius 2 is 1.96 bits per heavy atom. The first-order valence-electron chi connectivity index (χ1n) is 7.07. The summed E-state index contributed by atoms with van der Waals surface area (Å²) in [5.41, 5.74) is 1.10. The first-order valence-corrected chi connectivity index (χ1v) is 7.86. The van der Waals surface area contributed by atoms with Crippen molar-refractivity contribution in [3.8, 4) is 23.0 Å². The normalized spacial score (nSPS) is 13.5. The second-order valence-electron chi connectivity index (χ2n) is 5.13. The van der Waals surface area contributed by atoms with E-state index in [4.69, 9.17) is 18.9 Å². The molecule has 0 fully saturated rings. The molecule has 0 N–H and O–H groups in total. The number of ether oxygens (including phenoxy) is 4. The number of benzene rings is 2. The molecular weight excluding hydrogens is 364 g/mol. The molecule has 0 saturated carbocycles. The van der Waals surface area contributed by atoms with Gasteiger partial charge in [0.05, 0.1) is 4.47 Å². The minimum absolute atomic E-state index is 0.174. The average molecular weight is 379 g/mol. The van der Waals surface area contributed by atoms with E-state index in [0.29, 0.717) is 23.0 Å². The molecule has 2 aromatic carbocycles. The molecule has 1 heterocycles. The van der Waals surface area contributed by atoms with Crippen LogP contribution in [0.5, 0.6) is 23.0 Å². The first kappa shape index (κ1) is 15.7. The van der Waals surface area contributed by atoms with Crippen LogP contribution in [0.2, 0.25) is 0 Å². The van der Waals surface area contributed by atoms with Crippen LogP contribution in [0.1, 0.15) is 12.5 Å². The molecule has 120 valence electrons. The molecule has 0 amide bonds. The Bertz CT molecular complexity index is 744. The quantitative estimate of drug-likeness (QED) is 0.597. The molecule has 1 unspecified atom stereocenters. The third-order valence-electron chi connectivity index (χ3n) is 3.29. The zero-order chi connectivity index (χ0) is 16.4. The molecule has 0 aromatic heterocycles. The number of aryl methyl sites for hydroxylation is 1. The number of carbonyl (C=O) groups is 1. The van der Waals surface area contributed by atoms with Crippen LogP contribution in [0.25, 0.3) is 0 Å². The Hall–Kier alpha value is -2.21. The third kappa shape index (κ3) is 3.59. The predicted molar refractivity (Wildman–Crippen MR) is 87.2 cm³/mol. The predicted octanol–water partition coefficient (Wildman–Crippen LogP) is 3.86. The van der Waals surface area contributed by atoms with Crippen molar-refractivity contribution in [1.29, 1.82) is 0 Å². The summed E-state index contributed by atoms with van der Waals surface area (Å²) in [5, 5.41) is 0. The molecule has 5 nitrogen and oxygen atoms in total. The van der Waals surface area contributed by atoms with E-state index in [-0.39, 0.29) is 6.79 Å². The van der Waals surface area contributed by atoms with Crippen LogP contribution in [0.3, 0.4) is 0 Å². The average Bonchev–Trinajstić information content (AvgIpc) is 2.97. The second kappa shape index (κ2) is 6.50. The third-order valence-corrected chi connectivity index (χ3v) is 3.91. The monoisotopic (exact) mass is 378 g/mol. The molecule has 1 atom stereocenters. The zero-order valence-corrected chi connectivity index (χ0v) is 14.3. The van der Waals surface area contributed by atoms with Crippen molar-refractivity contribution >= 4 is 21.9 Å². The lowest BCUT2D eigenvalue weighted by atomic mass is 10.2. The van der Waals surface area contributed by atoms with Crippen LogP contribution in [0.4, 0.5) is 0 Å². The van der Waals surface area contributed by atoms with E-state index >= 15 is 0 Å². The second-order valence-corrected chi connectivity index (χ2v) is 5.98. The molecule has 6 heteroatoms. The summed E-state index contributed by atoms with van der Waals surface area (Å²) in [6.45, 7) is 3.79. The first-order chi connectivity index (χ1) is 11.0. The lowest BCUT2D eigenvalue weighted by Gasteiger charge is -2.15. The van der Waals surface area contributed by atoms with Gasteiger partial charge in [-0.15, -0.1) is 0 Å². The fourth-order valence-corrected chi connectivity index (χ4v) is 2.67. The maximum Gasteiger partial charge on any atom is 0.352 e. The van der Waals surface area contributed by atoms with Gasteiger partial charge in [-0.05, 0) is 59.6 Å². The molecule has 1 aliphatic rings. The minimum atomic E-state index is -0.751. The van der Waals surface area contributed by atoms with Gasteiger partial charge in [-0.2, -0.15) is 0 Å². The van der Waals surface area contributed by atoms with Crippen LogP contribution < -0.4 is 18.9 Å². The molecule has 23 heavy (non-hydrogen) atoms. The van der Waals surface area contributed by atoms with E-state index in [0.717, 1.165) is 10.0 Å². The van der Waals surface area contributed by atoms with Gasteiger partial charge in [0.15, 0.2) is 17.6 Å². The van der Waals surface area contributed by atoms with Crippen LogP contribution in [0.15, 0.2) is 40.9 Å². The van der Waals surface area contributed by atoms with Crippen LogP contribution in [-0.4, -0.2) is 18.9 Å². The van der Waals surface area contributed by atoms with E-state index in [1.165, 1.54) is 0 Å². The Labute approximate surface area is 142 Å². The number of carbonyl (C=O) groups excluding carboxylic acids is 1. The molecular formula is C17H15BrO5. The molecule has 0 radical (unpaired) electrons. The molecule has 0 aliphatic carbocycles. The number of rotatable bonds is 4. The highest BCUT2D eigenvalue weighted by atomic mass is 79.9. The highest BCUT2D eigenvalue weighted by Gasteiger charge is 2.20. The lowest BCUT2D eigenvalue weighted by molar-refractivity contribution is -0.141. The molecule has 3 rings (SSSR count). The number of hydrogen-bond donors (Lipinski definition) is 0. The van der Waals surface area contributed by atoms with Gasteiger partial charge in [0.25, 0.3) is 0 Å². The summed E-state index contributed by atoms with van der Waals surface area (Å²) in [5.74, 6) is 1.68. The maximum atomic E-state index is 12.2. The summed E-state index contributed by atoms with van der Waals surface area (Å²) < 4.78 is 22.2. The van der Waals surface area contributed by atoms with Gasteiger partial charge in [0.2, 0.25) is 6.79 Å². The van der Waals surface area contributed by atoms with Crippen molar-refractivity contribution in [2.45, 2.75) is 20.0 Å². The number of halogens is 1. The molecule has 1 aliphatic heterocycles. The summed E-state index contributed by atoms with van der Waals surface area (Å²) in [6, 6.07) is 10.6. The number of fused-ring (bicyclic) bond motifs is 1. The minimum Gasteiger partial charge on any atom is -0.478 e. The van der Waals surface area contributed by atoms with Crippen molar-refractivity contribution in [2.75, 3.05) is 6.79 Å². The topological polar surface area (TPSA) is 54.0 Å². The van der Waals surface area contributed by atoms with Crippen LogP contribution in [0, 0.1) is 6.92 Å². The van der Waals surface area contributed by atoms with Crippen LogP contribution in [-0.2, 0) is 4.79 Å². The van der Waals surface area contributed by atoms with E-state index in [2.05, 4.69) is 15.9 Å². The van der Waals surface area contributed by atoms with Crippen molar-refractivity contribution < 1.29 is 23.7 Å². The van der Waals surface area contributed by atoms with E-state index < -0.39 is 12.1 Å². The highest BCUT2D eigenvalue weighted by molar-refractivity contribution is 9.10.